The normalized spacial score (nSPS) is 27.7. The van der Waals surface area contributed by atoms with E-state index < -0.39 is 6.10 Å². The van der Waals surface area contributed by atoms with Crippen LogP contribution in [0.2, 0.25) is 5.02 Å². The van der Waals surface area contributed by atoms with Gasteiger partial charge < -0.3 is 9.84 Å². The average Bonchev–Trinajstić information content (AvgIpc) is 2.85. The Labute approximate surface area is 119 Å². The Morgan fingerprint density at radius 3 is 2.74 bits per heavy atom. The second-order valence-corrected chi connectivity index (χ2v) is 6.48. The Hall–Kier alpha value is -0.730. The van der Waals surface area contributed by atoms with Crippen LogP contribution in [0.25, 0.3) is 0 Å². The molecule has 1 atom stereocenters. The lowest BCUT2D eigenvalue weighted by atomic mass is 9.78. The summed E-state index contributed by atoms with van der Waals surface area (Å²) in [5.41, 5.74) is 2.05. The van der Waals surface area contributed by atoms with Gasteiger partial charge in [0.25, 0.3) is 0 Å². The Balaban J connectivity index is 1.85. The average molecular weight is 281 g/mol. The maximum absolute atomic E-state index is 10.7. The lowest BCUT2D eigenvalue weighted by Gasteiger charge is -2.30. The lowest BCUT2D eigenvalue weighted by molar-refractivity contribution is 0.0733. The molecule has 1 heterocycles. The van der Waals surface area contributed by atoms with Gasteiger partial charge in [-0.3, -0.25) is 0 Å². The van der Waals surface area contributed by atoms with Crippen LogP contribution >= 0.6 is 11.6 Å². The molecule has 1 aliphatic heterocycles. The number of fused-ring (bicyclic) bond motifs is 1. The highest BCUT2D eigenvalue weighted by molar-refractivity contribution is 6.30. The minimum absolute atomic E-state index is 0.350. The van der Waals surface area contributed by atoms with Crippen LogP contribution in [0.5, 0.6) is 5.75 Å². The molecule has 0 radical (unpaired) electrons. The molecule has 0 spiro atoms. The van der Waals surface area contributed by atoms with E-state index >= 15 is 0 Å². The van der Waals surface area contributed by atoms with Crippen molar-refractivity contribution >= 4 is 11.6 Å². The summed E-state index contributed by atoms with van der Waals surface area (Å²) in [4.78, 5) is 0. The van der Waals surface area contributed by atoms with Crippen molar-refractivity contribution < 1.29 is 9.84 Å². The molecule has 1 aromatic carbocycles. The largest absolute Gasteiger partial charge is 0.493 e. The third-order valence-corrected chi connectivity index (χ3v) is 4.82. The van der Waals surface area contributed by atoms with Crippen LogP contribution in [-0.2, 0) is 6.42 Å². The predicted octanol–water partition coefficient (Wildman–Crippen LogP) is 4.13. The van der Waals surface area contributed by atoms with Crippen molar-refractivity contribution in [2.75, 3.05) is 6.61 Å². The van der Waals surface area contributed by atoms with Crippen LogP contribution in [0, 0.1) is 11.8 Å². The second kappa shape index (κ2) is 5.34. The van der Waals surface area contributed by atoms with Gasteiger partial charge in [-0.05, 0) is 42.4 Å². The first kappa shape index (κ1) is 13.3. The Morgan fingerprint density at radius 1 is 1.26 bits per heavy atom. The van der Waals surface area contributed by atoms with Crippen LogP contribution in [-0.4, -0.2) is 11.7 Å². The van der Waals surface area contributed by atoms with Crippen molar-refractivity contribution in [1.29, 1.82) is 0 Å². The highest BCUT2D eigenvalue weighted by atomic mass is 35.5. The third-order valence-electron chi connectivity index (χ3n) is 4.60. The molecule has 3 heteroatoms. The van der Waals surface area contributed by atoms with Gasteiger partial charge in [0, 0.05) is 17.0 Å². The molecule has 1 fully saturated rings. The summed E-state index contributed by atoms with van der Waals surface area (Å²) in [6.45, 7) is 3.00. The zero-order chi connectivity index (χ0) is 13.4. The van der Waals surface area contributed by atoms with Gasteiger partial charge >= 0.3 is 0 Å². The molecule has 2 nitrogen and oxygen atoms in total. The summed E-state index contributed by atoms with van der Waals surface area (Å²) >= 11 is 6.17. The molecule has 0 amide bonds. The molecule has 0 saturated heterocycles. The summed E-state index contributed by atoms with van der Waals surface area (Å²) in [6, 6.07) is 3.84. The van der Waals surface area contributed by atoms with Crippen molar-refractivity contribution in [2.24, 2.45) is 11.8 Å². The number of ether oxygens (including phenoxy) is 1. The van der Waals surface area contributed by atoms with Crippen molar-refractivity contribution in [3.05, 3.63) is 28.3 Å². The van der Waals surface area contributed by atoms with Crippen LogP contribution < -0.4 is 4.74 Å². The van der Waals surface area contributed by atoms with Crippen LogP contribution in [0.4, 0.5) is 0 Å². The molecule has 1 aliphatic carbocycles. The number of hydrogen-bond donors (Lipinski definition) is 1. The van der Waals surface area contributed by atoms with Gasteiger partial charge in [-0.25, -0.2) is 0 Å². The van der Waals surface area contributed by atoms with Gasteiger partial charge in [-0.1, -0.05) is 31.4 Å². The predicted molar refractivity (Wildman–Crippen MR) is 76.7 cm³/mol. The number of rotatable bonds is 2. The summed E-state index contributed by atoms with van der Waals surface area (Å²) in [7, 11) is 0. The van der Waals surface area contributed by atoms with E-state index in [1.54, 1.807) is 0 Å². The molecule has 2 aliphatic rings. The van der Waals surface area contributed by atoms with Crippen LogP contribution in [0.3, 0.4) is 0 Å². The molecular weight excluding hydrogens is 260 g/mol. The molecule has 0 bridgehead atoms. The van der Waals surface area contributed by atoms with E-state index in [-0.39, 0.29) is 0 Å². The number of benzene rings is 1. The molecule has 3 rings (SSSR count). The highest BCUT2D eigenvalue weighted by Gasteiger charge is 2.30. The number of halogens is 1. The second-order valence-electron chi connectivity index (χ2n) is 6.05. The van der Waals surface area contributed by atoms with Crippen molar-refractivity contribution in [3.63, 3.8) is 0 Å². The standard InChI is InChI=1S/C16H21ClO2/c1-10-2-4-11(5-3-10)15(18)14-9-13(17)8-12-6-7-19-16(12)14/h8-11,15,18H,2-7H2,1H3. The third kappa shape index (κ3) is 2.61. The molecule has 1 aromatic rings. The van der Waals surface area contributed by atoms with Crippen molar-refractivity contribution in [3.8, 4) is 5.75 Å². The zero-order valence-electron chi connectivity index (χ0n) is 11.4. The van der Waals surface area contributed by atoms with E-state index in [4.69, 9.17) is 16.3 Å². The number of aliphatic hydroxyl groups is 1. The van der Waals surface area contributed by atoms with E-state index in [0.29, 0.717) is 17.5 Å². The minimum atomic E-state index is -0.432. The quantitative estimate of drug-likeness (QED) is 0.882. The maximum Gasteiger partial charge on any atom is 0.128 e. The van der Waals surface area contributed by atoms with E-state index in [0.717, 1.165) is 42.1 Å². The molecule has 1 saturated carbocycles. The van der Waals surface area contributed by atoms with Gasteiger partial charge in [0.15, 0.2) is 0 Å². The van der Waals surface area contributed by atoms with Crippen molar-refractivity contribution in [2.45, 2.75) is 45.1 Å². The summed E-state index contributed by atoms with van der Waals surface area (Å²) in [5.74, 6) is 2.03. The fourth-order valence-electron chi connectivity index (χ4n) is 3.37. The van der Waals surface area contributed by atoms with Gasteiger partial charge in [-0.15, -0.1) is 0 Å². The fourth-order valence-corrected chi connectivity index (χ4v) is 3.62. The molecular formula is C16H21ClO2. The first-order valence-electron chi connectivity index (χ1n) is 7.28. The fraction of sp³-hybridized carbons (Fsp3) is 0.625. The first-order valence-corrected chi connectivity index (χ1v) is 7.66. The summed E-state index contributed by atoms with van der Waals surface area (Å²) in [5, 5.41) is 11.4. The molecule has 19 heavy (non-hydrogen) atoms. The van der Waals surface area contributed by atoms with Crippen LogP contribution in [0.15, 0.2) is 12.1 Å². The zero-order valence-corrected chi connectivity index (χ0v) is 12.1. The van der Waals surface area contributed by atoms with Gasteiger partial charge in [-0.2, -0.15) is 0 Å². The van der Waals surface area contributed by atoms with Gasteiger partial charge in [0.05, 0.1) is 12.7 Å². The Bertz CT molecular complexity index is 464. The molecule has 0 aromatic heterocycles. The monoisotopic (exact) mass is 280 g/mol. The van der Waals surface area contributed by atoms with Gasteiger partial charge in [0.1, 0.15) is 5.75 Å². The van der Waals surface area contributed by atoms with Gasteiger partial charge in [0.2, 0.25) is 0 Å². The summed E-state index contributed by atoms with van der Waals surface area (Å²) < 4.78 is 5.70. The number of hydrogen-bond acceptors (Lipinski definition) is 2. The number of aliphatic hydroxyl groups excluding tert-OH is 1. The Kier molecular flexibility index (Phi) is 3.72. The highest BCUT2D eigenvalue weighted by Crippen LogP contribution is 2.43. The van der Waals surface area contributed by atoms with E-state index in [9.17, 15) is 5.11 Å². The summed E-state index contributed by atoms with van der Waals surface area (Å²) in [6.07, 6.45) is 5.10. The van der Waals surface area contributed by atoms with Crippen LogP contribution in [0.1, 0.15) is 49.8 Å². The first-order chi connectivity index (χ1) is 9.15. The van der Waals surface area contributed by atoms with E-state index in [2.05, 4.69) is 6.92 Å². The topological polar surface area (TPSA) is 29.5 Å². The maximum atomic E-state index is 10.7. The minimum Gasteiger partial charge on any atom is -0.493 e. The molecule has 104 valence electrons. The Morgan fingerprint density at radius 2 is 2.00 bits per heavy atom. The van der Waals surface area contributed by atoms with Crippen molar-refractivity contribution in [1.82, 2.24) is 0 Å². The lowest BCUT2D eigenvalue weighted by Crippen LogP contribution is -2.19. The van der Waals surface area contributed by atoms with E-state index in [1.807, 2.05) is 12.1 Å². The molecule has 1 N–H and O–H groups in total. The van der Waals surface area contributed by atoms with E-state index in [1.165, 1.54) is 12.8 Å². The smallest absolute Gasteiger partial charge is 0.128 e. The molecule has 1 unspecified atom stereocenters. The SMILES string of the molecule is CC1CCC(C(O)c2cc(Cl)cc3c2OCC3)CC1.